The molecular weight excluding hydrogens is 230 g/mol. The van der Waals surface area contributed by atoms with E-state index in [0.717, 1.165) is 18.2 Å². The zero-order chi connectivity index (χ0) is 12.3. The predicted molar refractivity (Wildman–Crippen MR) is 78.4 cm³/mol. The maximum atomic E-state index is 5.30. The molecule has 0 aromatic heterocycles. The van der Waals surface area contributed by atoms with E-state index in [1.807, 2.05) is 7.05 Å². The lowest BCUT2D eigenvalue weighted by atomic mass is 9.96. The smallest absolute Gasteiger partial charge is 0.166 e. The van der Waals surface area contributed by atoms with Crippen molar-refractivity contribution >= 4 is 17.3 Å². The standard InChI is InChI=1S/C13H27N3S/c1-14-10-6-3-7-11-15-13(17)16-12-8-4-2-5-9-12/h12,14H,2-11H2,1H3,(H2,15,16,17). The van der Waals surface area contributed by atoms with Crippen LogP contribution in [0, 0.1) is 0 Å². The first-order chi connectivity index (χ1) is 8.33. The summed E-state index contributed by atoms with van der Waals surface area (Å²) in [6, 6.07) is 0.619. The lowest BCUT2D eigenvalue weighted by Gasteiger charge is -2.24. The summed E-state index contributed by atoms with van der Waals surface area (Å²) in [5.74, 6) is 0. The minimum atomic E-state index is 0.619. The second-order valence-corrected chi connectivity index (χ2v) is 5.31. The first-order valence-corrected chi connectivity index (χ1v) is 7.42. The van der Waals surface area contributed by atoms with Gasteiger partial charge in [-0.05, 0) is 51.5 Å². The molecule has 4 heteroatoms. The van der Waals surface area contributed by atoms with E-state index in [2.05, 4.69) is 16.0 Å². The van der Waals surface area contributed by atoms with Gasteiger partial charge in [0.25, 0.3) is 0 Å². The third-order valence-corrected chi connectivity index (χ3v) is 3.59. The van der Waals surface area contributed by atoms with Gasteiger partial charge in [-0.2, -0.15) is 0 Å². The molecule has 1 fully saturated rings. The molecule has 0 aromatic rings. The Morgan fingerprint density at radius 2 is 1.76 bits per heavy atom. The molecule has 1 rings (SSSR count). The van der Waals surface area contributed by atoms with Gasteiger partial charge in [-0.25, -0.2) is 0 Å². The summed E-state index contributed by atoms with van der Waals surface area (Å²) in [6.45, 7) is 2.12. The van der Waals surface area contributed by atoms with Crippen LogP contribution < -0.4 is 16.0 Å². The van der Waals surface area contributed by atoms with Crippen LogP contribution in [0.15, 0.2) is 0 Å². The van der Waals surface area contributed by atoms with Gasteiger partial charge >= 0.3 is 0 Å². The molecule has 0 unspecified atom stereocenters. The number of hydrogen-bond acceptors (Lipinski definition) is 2. The summed E-state index contributed by atoms with van der Waals surface area (Å²) in [4.78, 5) is 0. The van der Waals surface area contributed by atoms with Crippen molar-refractivity contribution in [2.24, 2.45) is 0 Å². The minimum absolute atomic E-state index is 0.619. The van der Waals surface area contributed by atoms with Gasteiger partial charge in [0.05, 0.1) is 0 Å². The zero-order valence-corrected chi connectivity index (χ0v) is 11.9. The van der Waals surface area contributed by atoms with Crippen LogP contribution in [0.1, 0.15) is 51.4 Å². The number of thiocarbonyl (C=S) groups is 1. The van der Waals surface area contributed by atoms with E-state index in [1.54, 1.807) is 0 Å². The molecule has 3 N–H and O–H groups in total. The van der Waals surface area contributed by atoms with Crippen LogP contribution in [0.4, 0.5) is 0 Å². The van der Waals surface area contributed by atoms with E-state index in [4.69, 9.17) is 12.2 Å². The molecule has 0 atom stereocenters. The molecule has 1 aliphatic rings. The van der Waals surface area contributed by atoms with Crippen molar-refractivity contribution in [3.8, 4) is 0 Å². The highest BCUT2D eigenvalue weighted by atomic mass is 32.1. The van der Waals surface area contributed by atoms with Crippen LogP contribution in [0.2, 0.25) is 0 Å². The van der Waals surface area contributed by atoms with Crippen LogP contribution >= 0.6 is 12.2 Å². The normalized spacial score (nSPS) is 16.8. The summed E-state index contributed by atoms with van der Waals surface area (Å²) in [5.41, 5.74) is 0. The molecule has 0 aromatic carbocycles. The third-order valence-electron chi connectivity index (χ3n) is 3.33. The molecule has 0 heterocycles. The number of nitrogens with one attached hydrogen (secondary N) is 3. The molecule has 17 heavy (non-hydrogen) atoms. The van der Waals surface area contributed by atoms with Gasteiger partial charge in [-0.3, -0.25) is 0 Å². The minimum Gasteiger partial charge on any atom is -0.363 e. The average Bonchev–Trinajstić information content (AvgIpc) is 2.35. The van der Waals surface area contributed by atoms with E-state index in [0.29, 0.717) is 6.04 Å². The maximum absolute atomic E-state index is 5.30. The monoisotopic (exact) mass is 257 g/mol. The SMILES string of the molecule is CNCCCCCNC(=S)NC1CCCCC1. The number of unbranched alkanes of at least 4 members (excludes halogenated alkanes) is 2. The van der Waals surface area contributed by atoms with Crippen LogP contribution in [0.5, 0.6) is 0 Å². The summed E-state index contributed by atoms with van der Waals surface area (Å²) < 4.78 is 0. The molecule has 3 nitrogen and oxygen atoms in total. The fraction of sp³-hybridized carbons (Fsp3) is 0.923. The van der Waals surface area contributed by atoms with Gasteiger partial charge in [-0.15, -0.1) is 0 Å². The Kier molecular flexibility index (Phi) is 8.36. The fourth-order valence-corrected chi connectivity index (χ4v) is 2.56. The van der Waals surface area contributed by atoms with Crippen molar-refractivity contribution in [1.29, 1.82) is 0 Å². The molecule has 0 bridgehead atoms. The Morgan fingerprint density at radius 1 is 1.06 bits per heavy atom. The summed E-state index contributed by atoms with van der Waals surface area (Å²) in [7, 11) is 2.00. The zero-order valence-electron chi connectivity index (χ0n) is 11.1. The van der Waals surface area contributed by atoms with Gasteiger partial charge < -0.3 is 16.0 Å². The average molecular weight is 257 g/mol. The maximum Gasteiger partial charge on any atom is 0.166 e. The van der Waals surface area contributed by atoms with E-state index in [1.165, 1.54) is 51.4 Å². The van der Waals surface area contributed by atoms with Crippen LogP contribution in [-0.2, 0) is 0 Å². The summed E-state index contributed by atoms with van der Waals surface area (Å²) >= 11 is 5.30. The Labute approximate surface area is 111 Å². The van der Waals surface area contributed by atoms with Gasteiger partial charge in [-0.1, -0.05) is 25.7 Å². The van der Waals surface area contributed by atoms with Crippen molar-refractivity contribution in [2.45, 2.75) is 57.4 Å². The van der Waals surface area contributed by atoms with Gasteiger partial charge in [0.1, 0.15) is 0 Å². The topological polar surface area (TPSA) is 36.1 Å². The number of hydrogen-bond donors (Lipinski definition) is 3. The van der Waals surface area contributed by atoms with Crippen LogP contribution in [-0.4, -0.2) is 31.3 Å². The molecule has 0 radical (unpaired) electrons. The molecule has 1 saturated carbocycles. The fourth-order valence-electron chi connectivity index (χ4n) is 2.29. The first-order valence-electron chi connectivity index (χ1n) is 7.02. The lowest BCUT2D eigenvalue weighted by molar-refractivity contribution is 0.412. The Hall–Kier alpha value is -0.350. The molecule has 100 valence electrons. The van der Waals surface area contributed by atoms with Crippen LogP contribution in [0.25, 0.3) is 0 Å². The van der Waals surface area contributed by atoms with Gasteiger partial charge in [0, 0.05) is 12.6 Å². The third kappa shape index (κ3) is 7.55. The summed E-state index contributed by atoms with van der Waals surface area (Å²) in [6.07, 6.45) is 10.4. The van der Waals surface area contributed by atoms with Crippen molar-refractivity contribution < 1.29 is 0 Å². The summed E-state index contributed by atoms with van der Waals surface area (Å²) in [5, 5.41) is 10.8. The highest BCUT2D eigenvalue weighted by Gasteiger charge is 2.13. The first kappa shape index (κ1) is 14.7. The van der Waals surface area contributed by atoms with Gasteiger partial charge in [0.15, 0.2) is 5.11 Å². The predicted octanol–water partition coefficient (Wildman–Crippen LogP) is 2.17. The van der Waals surface area contributed by atoms with Gasteiger partial charge in [0.2, 0.25) is 0 Å². The quantitative estimate of drug-likeness (QED) is 0.482. The highest BCUT2D eigenvalue weighted by Crippen LogP contribution is 2.17. The Morgan fingerprint density at radius 3 is 2.47 bits per heavy atom. The second kappa shape index (κ2) is 9.66. The van der Waals surface area contributed by atoms with E-state index < -0.39 is 0 Å². The molecule has 0 amide bonds. The van der Waals surface area contributed by atoms with Crippen LogP contribution in [0.3, 0.4) is 0 Å². The van der Waals surface area contributed by atoms with Crippen molar-refractivity contribution in [1.82, 2.24) is 16.0 Å². The van der Waals surface area contributed by atoms with E-state index >= 15 is 0 Å². The van der Waals surface area contributed by atoms with Crippen molar-refractivity contribution in [2.75, 3.05) is 20.1 Å². The molecule has 0 aliphatic heterocycles. The molecule has 0 spiro atoms. The van der Waals surface area contributed by atoms with E-state index in [-0.39, 0.29) is 0 Å². The lowest BCUT2D eigenvalue weighted by Crippen LogP contribution is -2.42. The van der Waals surface area contributed by atoms with E-state index in [9.17, 15) is 0 Å². The second-order valence-electron chi connectivity index (χ2n) is 4.90. The van der Waals surface area contributed by atoms with Crippen molar-refractivity contribution in [3.05, 3.63) is 0 Å². The molecule has 1 aliphatic carbocycles. The number of rotatable bonds is 7. The van der Waals surface area contributed by atoms with Crippen molar-refractivity contribution in [3.63, 3.8) is 0 Å². The largest absolute Gasteiger partial charge is 0.363 e. The Bertz CT molecular complexity index is 203. The Balaban J connectivity index is 1.93. The molecule has 0 saturated heterocycles. The molecular formula is C13H27N3S. The highest BCUT2D eigenvalue weighted by molar-refractivity contribution is 7.80.